The lowest BCUT2D eigenvalue weighted by molar-refractivity contribution is 0.546. The molecule has 1 unspecified atom stereocenters. The van der Waals surface area contributed by atoms with Crippen molar-refractivity contribution in [3.63, 3.8) is 0 Å². The van der Waals surface area contributed by atoms with Crippen LogP contribution in [0.25, 0.3) is 0 Å². The van der Waals surface area contributed by atoms with Crippen molar-refractivity contribution in [2.24, 2.45) is 0 Å². The van der Waals surface area contributed by atoms with Gasteiger partial charge in [-0.05, 0) is 24.9 Å². The minimum absolute atomic E-state index is 0.0902. The third-order valence-electron chi connectivity index (χ3n) is 2.71. The molecule has 0 spiro atoms. The van der Waals surface area contributed by atoms with Crippen LogP contribution in [-0.2, 0) is 5.41 Å². The fourth-order valence-electron chi connectivity index (χ4n) is 1.60. The van der Waals surface area contributed by atoms with Crippen molar-refractivity contribution < 1.29 is 0 Å². The van der Waals surface area contributed by atoms with Gasteiger partial charge < -0.3 is 11.1 Å². The van der Waals surface area contributed by atoms with Gasteiger partial charge in [0.15, 0.2) is 0 Å². The van der Waals surface area contributed by atoms with Crippen LogP contribution in [0.3, 0.4) is 0 Å². The lowest BCUT2D eigenvalue weighted by Crippen LogP contribution is -2.21. The van der Waals surface area contributed by atoms with Crippen LogP contribution in [-0.4, -0.2) is 27.5 Å². The molecule has 0 aliphatic carbocycles. The van der Waals surface area contributed by atoms with E-state index in [1.807, 2.05) is 11.8 Å². The summed E-state index contributed by atoms with van der Waals surface area (Å²) in [7, 11) is 0. The van der Waals surface area contributed by atoms with Crippen molar-refractivity contribution in [2.45, 2.75) is 52.5 Å². The molecule has 3 N–H and O–H groups in total. The lowest BCUT2D eigenvalue weighted by atomic mass is 9.96. The maximum Gasteiger partial charge on any atom is 0.138 e. The van der Waals surface area contributed by atoms with Crippen molar-refractivity contribution >= 4 is 23.4 Å². The van der Waals surface area contributed by atoms with Crippen LogP contribution in [0.1, 0.15) is 46.9 Å². The van der Waals surface area contributed by atoms with Gasteiger partial charge in [-0.15, -0.1) is 0 Å². The van der Waals surface area contributed by atoms with E-state index in [-0.39, 0.29) is 5.41 Å². The molecule has 1 heterocycles. The molecule has 1 rings (SSSR count). The number of nitrogens with one attached hydrogen (secondary N) is 1. The van der Waals surface area contributed by atoms with E-state index < -0.39 is 0 Å². The summed E-state index contributed by atoms with van der Waals surface area (Å²) in [6, 6.07) is 2.19. The molecule has 0 saturated heterocycles. The molecule has 0 aromatic carbocycles. The number of nitrogen functional groups attached to an aromatic ring is 1. The first-order valence-electron chi connectivity index (χ1n) is 6.82. The molecule has 4 nitrogen and oxygen atoms in total. The smallest absolute Gasteiger partial charge is 0.138 e. The standard InChI is InChI=1S/C14H26N4S/c1-6-19-8-7-10(2)16-12-9-11(15)17-13(18-12)14(3,4)5/h9-10H,6-8H2,1-5H3,(H3,15,16,17,18). The summed E-state index contributed by atoms with van der Waals surface area (Å²) in [5.41, 5.74) is 5.77. The summed E-state index contributed by atoms with van der Waals surface area (Å²) in [5, 5.41) is 3.41. The maximum absolute atomic E-state index is 5.86. The average Bonchev–Trinajstić information content (AvgIpc) is 2.27. The quantitative estimate of drug-likeness (QED) is 0.784. The zero-order valence-corrected chi connectivity index (χ0v) is 13.5. The van der Waals surface area contributed by atoms with Crippen LogP contribution in [0.15, 0.2) is 6.07 Å². The van der Waals surface area contributed by atoms with E-state index in [9.17, 15) is 0 Å². The van der Waals surface area contributed by atoms with Crippen LogP contribution in [0, 0.1) is 0 Å². The largest absolute Gasteiger partial charge is 0.384 e. The van der Waals surface area contributed by atoms with Gasteiger partial charge >= 0.3 is 0 Å². The first-order valence-corrected chi connectivity index (χ1v) is 7.97. The molecule has 19 heavy (non-hydrogen) atoms. The zero-order valence-electron chi connectivity index (χ0n) is 12.7. The predicted molar refractivity (Wildman–Crippen MR) is 85.8 cm³/mol. The van der Waals surface area contributed by atoms with Gasteiger partial charge in [-0.25, -0.2) is 9.97 Å². The Bertz CT molecular complexity index is 401. The number of hydrogen-bond acceptors (Lipinski definition) is 5. The Kier molecular flexibility index (Phi) is 5.91. The highest BCUT2D eigenvalue weighted by Gasteiger charge is 2.19. The second-order valence-electron chi connectivity index (χ2n) is 5.78. The number of anilines is 2. The monoisotopic (exact) mass is 282 g/mol. The molecule has 0 bridgehead atoms. The summed E-state index contributed by atoms with van der Waals surface area (Å²) in [4.78, 5) is 8.87. The van der Waals surface area contributed by atoms with E-state index in [0.29, 0.717) is 11.9 Å². The molecule has 0 aliphatic heterocycles. The normalized spacial score (nSPS) is 13.3. The van der Waals surface area contributed by atoms with Crippen LogP contribution in [0.5, 0.6) is 0 Å². The minimum atomic E-state index is -0.0902. The van der Waals surface area contributed by atoms with Crippen LogP contribution in [0.2, 0.25) is 0 Å². The first kappa shape index (κ1) is 16.1. The van der Waals surface area contributed by atoms with Crippen molar-refractivity contribution in [1.82, 2.24) is 9.97 Å². The molecule has 1 atom stereocenters. The lowest BCUT2D eigenvalue weighted by Gasteiger charge is -2.20. The summed E-state index contributed by atoms with van der Waals surface area (Å²) in [5.74, 6) is 4.47. The summed E-state index contributed by atoms with van der Waals surface area (Å²) >= 11 is 1.96. The van der Waals surface area contributed by atoms with Gasteiger partial charge in [-0.1, -0.05) is 27.7 Å². The Hall–Kier alpha value is -0.970. The molecule has 108 valence electrons. The number of hydrogen-bond donors (Lipinski definition) is 2. The Morgan fingerprint density at radius 1 is 1.37 bits per heavy atom. The van der Waals surface area contributed by atoms with E-state index >= 15 is 0 Å². The van der Waals surface area contributed by atoms with Gasteiger partial charge in [0, 0.05) is 17.5 Å². The predicted octanol–water partition coefficient (Wildman–Crippen LogP) is 3.30. The Balaban J connectivity index is 2.70. The summed E-state index contributed by atoms with van der Waals surface area (Å²) < 4.78 is 0. The van der Waals surface area contributed by atoms with Crippen LogP contribution in [0.4, 0.5) is 11.6 Å². The summed E-state index contributed by atoms with van der Waals surface area (Å²) in [6.07, 6.45) is 1.12. The third kappa shape index (κ3) is 5.68. The van der Waals surface area contributed by atoms with E-state index in [2.05, 4.69) is 49.9 Å². The fourth-order valence-corrected chi connectivity index (χ4v) is 2.41. The van der Waals surface area contributed by atoms with E-state index in [0.717, 1.165) is 23.8 Å². The molecule has 0 aliphatic rings. The number of rotatable bonds is 6. The van der Waals surface area contributed by atoms with E-state index in [1.165, 1.54) is 5.75 Å². The van der Waals surface area contributed by atoms with Crippen molar-refractivity contribution in [3.8, 4) is 0 Å². The Morgan fingerprint density at radius 2 is 2.05 bits per heavy atom. The second kappa shape index (κ2) is 6.98. The molecule has 1 aromatic rings. The second-order valence-corrected chi connectivity index (χ2v) is 7.18. The van der Waals surface area contributed by atoms with Crippen LogP contribution >= 0.6 is 11.8 Å². The van der Waals surface area contributed by atoms with Crippen molar-refractivity contribution in [2.75, 3.05) is 22.6 Å². The van der Waals surface area contributed by atoms with Crippen LogP contribution < -0.4 is 11.1 Å². The molecule has 0 saturated carbocycles. The van der Waals surface area contributed by atoms with E-state index in [4.69, 9.17) is 5.73 Å². The van der Waals surface area contributed by atoms with Gasteiger partial charge in [-0.2, -0.15) is 11.8 Å². The molecule has 5 heteroatoms. The van der Waals surface area contributed by atoms with Gasteiger partial charge in [-0.3, -0.25) is 0 Å². The van der Waals surface area contributed by atoms with Gasteiger partial charge in [0.25, 0.3) is 0 Å². The molecular weight excluding hydrogens is 256 g/mol. The molecule has 0 fully saturated rings. The minimum Gasteiger partial charge on any atom is -0.384 e. The highest BCUT2D eigenvalue weighted by atomic mass is 32.2. The first-order chi connectivity index (χ1) is 8.82. The summed E-state index contributed by atoms with van der Waals surface area (Å²) in [6.45, 7) is 10.6. The molecule has 0 amide bonds. The molecule has 0 radical (unpaired) electrons. The molecular formula is C14H26N4S. The SMILES string of the molecule is CCSCCC(C)Nc1cc(N)nc(C(C)(C)C)n1. The van der Waals surface area contributed by atoms with Crippen molar-refractivity contribution in [1.29, 1.82) is 0 Å². The van der Waals surface area contributed by atoms with Gasteiger partial charge in [0.1, 0.15) is 17.5 Å². The van der Waals surface area contributed by atoms with E-state index in [1.54, 1.807) is 6.07 Å². The van der Waals surface area contributed by atoms with Gasteiger partial charge in [0.2, 0.25) is 0 Å². The van der Waals surface area contributed by atoms with Crippen molar-refractivity contribution in [3.05, 3.63) is 11.9 Å². The fraction of sp³-hybridized carbons (Fsp3) is 0.714. The number of thioether (sulfide) groups is 1. The number of nitrogens with two attached hydrogens (primary N) is 1. The average molecular weight is 282 g/mol. The Labute approximate surface area is 121 Å². The number of aromatic nitrogens is 2. The topological polar surface area (TPSA) is 63.8 Å². The third-order valence-corrected chi connectivity index (χ3v) is 3.64. The zero-order chi connectivity index (χ0) is 14.5. The highest BCUT2D eigenvalue weighted by molar-refractivity contribution is 7.99. The maximum atomic E-state index is 5.86. The number of nitrogens with zero attached hydrogens (tertiary/aromatic N) is 2. The van der Waals surface area contributed by atoms with Gasteiger partial charge in [0.05, 0.1) is 0 Å². The molecule has 1 aromatic heterocycles. The highest BCUT2D eigenvalue weighted by Crippen LogP contribution is 2.21. The Morgan fingerprint density at radius 3 is 2.63 bits per heavy atom.